The first-order valence-corrected chi connectivity index (χ1v) is 42.2. The summed E-state index contributed by atoms with van der Waals surface area (Å²) < 4.78 is 0. The molecule has 0 heterocycles. The molecule has 12 heteroatoms. The first-order chi connectivity index (χ1) is 46.2. The highest BCUT2D eigenvalue weighted by molar-refractivity contribution is 5.77. The molecular formula is C82H167N7O5. The van der Waals surface area contributed by atoms with Gasteiger partial charge in [-0.15, -0.1) is 0 Å². The fourth-order valence-corrected chi connectivity index (χ4v) is 13.5. The molecule has 0 aromatic rings. The van der Waals surface area contributed by atoms with Crippen LogP contribution < -0.4 is 21.3 Å². The lowest BCUT2D eigenvalue weighted by atomic mass is 10.1. The first kappa shape index (κ1) is 92.2. The van der Waals surface area contributed by atoms with Crippen LogP contribution in [-0.4, -0.2) is 146 Å². The molecule has 0 rings (SSSR count). The minimum absolute atomic E-state index is 0.0603. The zero-order chi connectivity index (χ0) is 68.4. The standard InChI is InChI=1S/C82H167N7O5/c1-6-11-16-21-26-31-35-37-42-47-52-57-68-87(75-78(90)74-83-67-61-80(92)84-64-54-49-44-39-30-25-20-15-10-5)70-59-60-71-88(69-58-53-48-43-38-36-32-27-22-17-12-7-2)76-79(91)77-89(72-62-81(93)85-65-55-50-45-40-33-28-23-18-13-8-3)73-63-82(94)86-66-56-51-46-41-34-29-24-19-14-9-4/h78-79,83,90-91H,6-77H2,1-5H3,(H,84,92)(H,85,93)(H,86,94). The maximum absolute atomic E-state index is 13.3. The van der Waals surface area contributed by atoms with Crippen LogP contribution in [0.5, 0.6) is 0 Å². The quantitative estimate of drug-likeness (QED) is 0.0327. The van der Waals surface area contributed by atoms with Gasteiger partial charge in [-0.05, 0) is 71.1 Å². The summed E-state index contributed by atoms with van der Waals surface area (Å²) in [5.74, 6) is 0.214. The minimum atomic E-state index is -0.600. The van der Waals surface area contributed by atoms with Crippen molar-refractivity contribution in [2.75, 3.05) is 91.6 Å². The van der Waals surface area contributed by atoms with Gasteiger partial charge >= 0.3 is 0 Å². The number of aliphatic hydroxyl groups excluding tert-OH is 2. The van der Waals surface area contributed by atoms with E-state index in [9.17, 15) is 24.6 Å². The predicted octanol–water partition coefficient (Wildman–Crippen LogP) is 20.3. The molecule has 560 valence electrons. The Balaban J connectivity index is 5.77. The topological polar surface area (TPSA) is 150 Å². The van der Waals surface area contributed by atoms with E-state index in [1.165, 1.54) is 295 Å². The summed E-state index contributed by atoms with van der Waals surface area (Å²) in [4.78, 5) is 46.4. The van der Waals surface area contributed by atoms with Crippen molar-refractivity contribution in [3.63, 3.8) is 0 Å². The molecule has 0 fully saturated rings. The highest BCUT2D eigenvalue weighted by atomic mass is 16.3. The van der Waals surface area contributed by atoms with Crippen molar-refractivity contribution >= 4 is 17.7 Å². The Labute approximate surface area is 586 Å². The molecule has 0 aliphatic rings. The van der Waals surface area contributed by atoms with Crippen molar-refractivity contribution in [3.05, 3.63) is 0 Å². The van der Waals surface area contributed by atoms with Crippen molar-refractivity contribution in [3.8, 4) is 0 Å². The van der Waals surface area contributed by atoms with E-state index in [0.29, 0.717) is 78.2 Å². The largest absolute Gasteiger partial charge is 0.390 e. The maximum Gasteiger partial charge on any atom is 0.221 e. The maximum atomic E-state index is 13.3. The second-order valence-corrected chi connectivity index (χ2v) is 29.4. The molecule has 0 bridgehead atoms. The molecule has 2 unspecified atom stereocenters. The van der Waals surface area contributed by atoms with Crippen LogP contribution in [0.25, 0.3) is 0 Å². The summed E-state index contributed by atoms with van der Waals surface area (Å²) >= 11 is 0. The number of carbonyl (C=O) groups excluding carboxylic acids is 3. The average Bonchev–Trinajstić information content (AvgIpc) is 2.94. The van der Waals surface area contributed by atoms with Crippen molar-refractivity contribution in [2.24, 2.45) is 0 Å². The monoisotopic (exact) mass is 1330 g/mol. The predicted molar refractivity (Wildman–Crippen MR) is 409 cm³/mol. The van der Waals surface area contributed by atoms with Crippen LogP contribution in [-0.2, 0) is 14.4 Å². The van der Waals surface area contributed by atoms with E-state index >= 15 is 0 Å². The number of nitrogens with one attached hydrogen (secondary N) is 4. The fraction of sp³-hybridized carbons (Fsp3) is 0.963. The summed E-state index contributed by atoms with van der Waals surface area (Å²) in [6.45, 7) is 21.1. The molecular weight excluding hydrogens is 1160 g/mol. The van der Waals surface area contributed by atoms with E-state index < -0.39 is 12.2 Å². The third kappa shape index (κ3) is 71.5. The molecule has 0 saturated carbocycles. The smallest absolute Gasteiger partial charge is 0.221 e. The molecule has 0 radical (unpaired) electrons. The second kappa shape index (κ2) is 76.9. The number of aliphatic hydroxyl groups is 2. The fourth-order valence-electron chi connectivity index (χ4n) is 13.5. The molecule has 3 amide bonds. The molecule has 94 heavy (non-hydrogen) atoms. The summed E-state index contributed by atoms with van der Waals surface area (Å²) in [5.41, 5.74) is 0. The Morgan fingerprint density at radius 1 is 0.245 bits per heavy atom. The van der Waals surface area contributed by atoms with Gasteiger partial charge < -0.3 is 41.3 Å². The molecule has 0 aromatic heterocycles. The number of carbonyl (C=O) groups is 3. The van der Waals surface area contributed by atoms with Crippen molar-refractivity contribution < 1.29 is 24.6 Å². The third-order valence-electron chi connectivity index (χ3n) is 19.8. The van der Waals surface area contributed by atoms with E-state index in [1.54, 1.807) is 0 Å². The number of nitrogens with zero attached hydrogens (tertiary/aromatic N) is 3. The Kier molecular flexibility index (Phi) is 75.4. The zero-order valence-corrected chi connectivity index (χ0v) is 64.0. The van der Waals surface area contributed by atoms with Crippen LogP contribution >= 0.6 is 0 Å². The van der Waals surface area contributed by atoms with Crippen LogP contribution in [0, 0.1) is 0 Å². The third-order valence-corrected chi connectivity index (χ3v) is 19.8. The Bertz CT molecular complexity index is 1490. The van der Waals surface area contributed by atoms with E-state index in [2.05, 4.69) is 70.6 Å². The number of amides is 3. The molecule has 0 aliphatic heterocycles. The van der Waals surface area contributed by atoms with E-state index in [1.807, 2.05) is 0 Å². The lowest BCUT2D eigenvalue weighted by molar-refractivity contribution is -0.122. The van der Waals surface area contributed by atoms with Crippen molar-refractivity contribution in [1.29, 1.82) is 0 Å². The lowest BCUT2D eigenvalue weighted by Crippen LogP contribution is -2.43. The average molecular weight is 1330 g/mol. The van der Waals surface area contributed by atoms with Crippen LogP contribution in [0.1, 0.15) is 407 Å². The number of rotatable bonds is 80. The molecule has 0 aromatic carbocycles. The molecule has 0 aliphatic carbocycles. The van der Waals surface area contributed by atoms with Crippen LogP contribution in [0.4, 0.5) is 0 Å². The van der Waals surface area contributed by atoms with Crippen LogP contribution in [0.15, 0.2) is 0 Å². The van der Waals surface area contributed by atoms with E-state index in [0.717, 1.165) is 90.5 Å². The van der Waals surface area contributed by atoms with Gasteiger partial charge in [-0.2, -0.15) is 0 Å². The van der Waals surface area contributed by atoms with Gasteiger partial charge in [0, 0.05) is 84.7 Å². The molecule has 0 spiro atoms. The second-order valence-electron chi connectivity index (χ2n) is 29.4. The van der Waals surface area contributed by atoms with Gasteiger partial charge in [-0.25, -0.2) is 0 Å². The Hall–Kier alpha value is -1.83. The molecule has 12 nitrogen and oxygen atoms in total. The highest BCUT2D eigenvalue weighted by Gasteiger charge is 2.19. The summed E-state index contributed by atoms with van der Waals surface area (Å²) in [6, 6.07) is 0. The van der Waals surface area contributed by atoms with Gasteiger partial charge in [0.05, 0.1) is 12.2 Å². The van der Waals surface area contributed by atoms with Gasteiger partial charge in [0.1, 0.15) is 0 Å². The Morgan fingerprint density at radius 2 is 0.447 bits per heavy atom. The highest BCUT2D eigenvalue weighted by Crippen LogP contribution is 2.17. The number of hydrogen-bond acceptors (Lipinski definition) is 9. The van der Waals surface area contributed by atoms with Gasteiger partial charge in [0.15, 0.2) is 0 Å². The van der Waals surface area contributed by atoms with Gasteiger partial charge in [0.25, 0.3) is 0 Å². The molecule has 0 saturated heterocycles. The number of unbranched alkanes of at least 4 members (excludes halogenated alkanes) is 49. The van der Waals surface area contributed by atoms with Crippen molar-refractivity contribution in [2.45, 2.75) is 419 Å². The first-order valence-electron chi connectivity index (χ1n) is 42.2. The number of hydrogen-bond donors (Lipinski definition) is 6. The summed E-state index contributed by atoms with van der Waals surface area (Å²) in [6.07, 6.45) is 70.6. The summed E-state index contributed by atoms with van der Waals surface area (Å²) in [7, 11) is 0. The van der Waals surface area contributed by atoms with Crippen LogP contribution in [0.3, 0.4) is 0 Å². The molecule has 6 N–H and O–H groups in total. The Morgan fingerprint density at radius 3 is 0.713 bits per heavy atom. The SMILES string of the molecule is CCCCCCCCCCCCCCN(CCCCN(CCCCCCCCCCCCCC)CC(O)CN(CCC(=O)NCCCCCCCCCCCC)CCC(=O)NCCCCCCCCCCCC)CC(O)CNCCC(=O)NCCCCCCCCCCC. The zero-order valence-electron chi connectivity index (χ0n) is 64.0. The van der Waals surface area contributed by atoms with Crippen molar-refractivity contribution in [1.82, 2.24) is 36.0 Å². The summed E-state index contributed by atoms with van der Waals surface area (Å²) in [5, 5.41) is 36.3. The van der Waals surface area contributed by atoms with Gasteiger partial charge in [0.2, 0.25) is 17.7 Å². The van der Waals surface area contributed by atoms with Gasteiger partial charge in [-0.1, -0.05) is 343 Å². The lowest BCUT2D eigenvalue weighted by Gasteiger charge is -2.30. The van der Waals surface area contributed by atoms with Gasteiger partial charge in [-0.3, -0.25) is 19.3 Å². The molecule has 2 atom stereocenters. The van der Waals surface area contributed by atoms with Crippen LogP contribution in [0.2, 0.25) is 0 Å². The minimum Gasteiger partial charge on any atom is -0.390 e. The van der Waals surface area contributed by atoms with E-state index in [4.69, 9.17) is 0 Å². The van der Waals surface area contributed by atoms with E-state index in [-0.39, 0.29) is 17.7 Å². The normalized spacial score (nSPS) is 12.4.